The third kappa shape index (κ3) is 3.40. The highest BCUT2D eigenvalue weighted by Crippen LogP contribution is 2.33. The number of amides is 1. The summed E-state index contributed by atoms with van der Waals surface area (Å²) in [6.45, 7) is 2.05. The van der Waals surface area contributed by atoms with Gasteiger partial charge in [-0.3, -0.25) is 9.59 Å². The smallest absolute Gasteiger partial charge is 0.255 e. The monoisotopic (exact) mass is 359 g/mol. The molecule has 3 aromatic rings. The zero-order valence-corrected chi connectivity index (χ0v) is 14.7. The molecule has 0 spiro atoms. The summed E-state index contributed by atoms with van der Waals surface area (Å²) < 4.78 is 10.6. The number of aryl methyl sites for hydroxylation is 1. The van der Waals surface area contributed by atoms with E-state index in [2.05, 4.69) is 5.32 Å². The van der Waals surface area contributed by atoms with Gasteiger partial charge in [-0.25, -0.2) is 0 Å². The highest BCUT2D eigenvalue weighted by Gasteiger charge is 2.19. The maximum Gasteiger partial charge on any atom is 0.255 e. The maximum atomic E-state index is 12.9. The first-order valence-electron chi connectivity index (χ1n) is 8.53. The average molecular weight is 359 g/mol. The quantitative estimate of drug-likeness (QED) is 0.709. The molecule has 0 saturated heterocycles. The van der Waals surface area contributed by atoms with Gasteiger partial charge >= 0.3 is 0 Å². The molecule has 1 aliphatic heterocycles. The van der Waals surface area contributed by atoms with Crippen LogP contribution in [-0.2, 0) is 0 Å². The molecule has 4 rings (SSSR count). The molecular weight excluding hydrogens is 342 g/mol. The Labute approximate surface area is 156 Å². The van der Waals surface area contributed by atoms with Gasteiger partial charge in [-0.2, -0.15) is 0 Å². The molecule has 0 atom stereocenters. The van der Waals surface area contributed by atoms with Crippen LogP contribution in [0.2, 0.25) is 0 Å². The molecule has 134 valence electrons. The predicted molar refractivity (Wildman–Crippen MR) is 102 cm³/mol. The number of hydrogen-bond acceptors (Lipinski definition) is 4. The van der Waals surface area contributed by atoms with Gasteiger partial charge < -0.3 is 14.8 Å². The molecule has 1 amide bonds. The number of carbonyl (C=O) groups excluding carboxylic acids is 2. The Hall–Kier alpha value is -3.60. The van der Waals surface area contributed by atoms with E-state index in [9.17, 15) is 9.59 Å². The normalized spacial score (nSPS) is 11.9. The Morgan fingerprint density at radius 2 is 1.63 bits per heavy atom. The first kappa shape index (κ1) is 16.8. The molecule has 0 aromatic heterocycles. The second kappa shape index (κ2) is 6.96. The number of anilines is 1. The highest BCUT2D eigenvalue weighted by atomic mass is 16.7. The predicted octanol–water partition coefficient (Wildman–Crippen LogP) is 4.21. The maximum absolute atomic E-state index is 12.9. The van der Waals surface area contributed by atoms with Crippen LogP contribution in [0.1, 0.15) is 31.8 Å². The fourth-order valence-electron chi connectivity index (χ4n) is 2.93. The van der Waals surface area contributed by atoms with E-state index in [4.69, 9.17) is 9.47 Å². The van der Waals surface area contributed by atoms with Crippen LogP contribution in [0, 0.1) is 6.92 Å². The van der Waals surface area contributed by atoms with Crippen LogP contribution in [0.25, 0.3) is 0 Å². The van der Waals surface area contributed by atoms with Gasteiger partial charge in [0, 0.05) is 16.7 Å². The lowest BCUT2D eigenvalue weighted by atomic mass is 9.99. The minimum atomic E-state index is -0.320. The molecule has 27 heavy (non-hydrogen) atoms. The van der Waals surface area contributed by atoms with Crippen molar-refractivity contribution in [3.63, 3.8) is 0 Å². The molecule has 0 saturated carbocycles. The van der Waals surface area contributed by atoms with Crippen molar-refractivity contribution in [1.29, 1.82) is 0 Å². The van der Waals surface area contributed by atoms with E-state index in [-0.39, 0.29) is 18.5 Å². The molecule has 5 nitrogen and oxygen atoms in total. The molecule has 1 heterocycles. The standard InChI is InChI=1S/C22H17NO4/c1-14-7-9-18(17(11-14)21(24)15-5-3-2-4-6-15)23-22(25)16-8-10-19-20(12-16)27-13-26-19/h2-12H,13H2,1H3,(H,23,25). The van der Waals surface area contributed by atoms with Crippen molar-refractivity contribution < 1.29 is 19.1 Å². The number of ketones is 1. The summed E-state index contributed by atoms with van der Waals surface area (Å²) in [5, 5.41) is 2.84. The van der Waals surface area contributed by atoms with Crippen LogP contribution in [0.3, 0.4) is 0 Å². The Morgan fingerprint density at radius 3 is 2.44 bits per heavy atom. The van der Waals surface area contributed by atoms with E-state index >= 15 is 0 Å². The third-order valence-electron chi connectivity index (χ3n) is 4.34. The molecule has 1 aliphatic rings. The zero-order chi connectivity index (χ0) is 18.8. The van der Waals surface area contributed by atoms with Gasteiger partial charge in [0.25, 0.3) is 5.91 Å². The van der Waals surface area contributed by atoms with Crippen molar-refractivity contribution in [2.24, 2.45) is 0 Å². The summed E-state index contributed by atoms with van der Waals surface area (Å²) in [6, 6.07) is 19.4. The Balaban J connectivity index is 1.64. The first-order chi connectivity index (χ1) is 13.1. The summed E-state index contributed by atoms with van der Waals surface area (Å²) in [7, 11) is 0. The van der Waals surface area contributed by atoms with Crippen molar-refractivity contribution in [2.75, 3.05) is 12.1 Å². The van der Waals surface area contributed by atoms with Gasteiger partial charge in [0.15, 0.2) is 17.3 Å². The minimum Gasteiger partial charge on any atom is -0.454 e. The number of nitrogens with one attached hydrogen (secondary N) is 1. The summed E-state index contributed by atoms with van der Waals surface area (Å²) in [4.78, 5) is 25.6. The van der Waals surface area contributed by atoms with E-state index in [0.29, 0.717) is 33.9 Å². The number of hydrogen-bond donors (Lipinski definition) is 1. The lowest BCUT2D eigenvalue weighted by Gasteiger charge is -2.12. The van der Waals surface area contributed by atoms with E-state index in [1.54, 1.807) is 42.5 Å². The summed E-state index contributed by atoms with van der Waals surface area (Å²) in [5.41, 5.74) is 2.86. The van der Waals surface area contributed by atoms with Crippen LogP contribution in [0.4, 0.5) is 5.69 Å². The van der Waals surface area contributed by atoms with Gasteiger partial charge in [0.1, 0.15) is 0 Å². The largest absolute Gasteiger partial charge is 0.454 e. The van der Waals surface area contributed by atoms with E-state index in [0.717, 1.165) is 5.56 Å². The Kier molecular flexibility index (Phi) is 4.34. The van der Waals surface area contributed by atoms with Crippen LogP contribution in [-0.4, -0.2) is 18.5 Å². The molecule has 0 radical (unpaired) electrons. The molecule has 5 heteroatoms. The van der Waals surface area contributed by atoms with Crippen LogP contribution < -0.4 is 14.8 Å². The first-order valence-corrected chi connectivity index (χ1v) is 8.53. The van der Waals surface area contributed by atoms with Crippen LogP contribution in [0.5, 0.6) is 11.5 Å². The number of carbonyl (C=O) groups is 2. The lowest BCUT2D eigenvalue weighted by molar-refractivity contribution is 0.102. The summed E-state index contributed by atoms with van der Waals surface area (Å²) in [6.07, 6.45) is 0. The zero-order valence-electron chi connectivity index (χ0n) is 14.7. The molecular formula is C22H17NO4. The topological polar surface area (TPSA) is 64.6 Å². The van der Waals surface area contributed by atoms with Gasteiger partial charge in [0.05, 0.1) is 5.69 Å². The molecule has 0 aliphatic carbocycles. The van der Waals surface area contributed by atoms with E-state index < -0.39 is 0 Å². The van der Waals surface area contributed by atoms with Crippen molar-refractivity contribution in [3.05, 3.63) is 89.0 Å². The second-order valence-electron chi connectivity index (χ2n) is 6.27. The Bertz CT molecular complexity index is 1030. The number of fused-ring (bicyclic) bond motifs is 1. The SMILES string of the molecule is Cc1ccc(NC(=O)c2ccc3c(c2)OCO3)c(C(=O)c2ccccc2)c1. The number of benzene rings is 3. The fourth-order valence-corrected chi connectivity index (χ4v) is 2.93. The van der Waals surface area contributed by atoms with Crippen molar-refractivity contribution in [2.45, 2.75) is 6.92 Å². The van der Waals surface area contributed by atoms with Crippen molar-refractivity contribution in [3.8, 4) is 11.5 Å². The highest BCUT2D eigenvalue weighted by molar-refractivity contribution is 6.15. The molecule has 3 aromatic carbocycles. The molecule has 0 fully saturated rings. The number of ether oxygens (including phenoxy) is 2. The van der Waals surface area contributed by atoms with Gasteiger partial charge in [-0.05, 0) is 37.3 Å². The number of rotatable bonds is 4. The Morgan fingerprint density at radius 1 is 0.852 bits per heavy atom. The lowest BCUT2D eigenvalue weighted by Crippen LogP contribution is -2.15. The summed E-state index contributed by atoms with van der Waals surface area (Å²) in [5.74, 6) is 0.688. The molecule has 0 bridgehead atoms. The van der Waals surface area contributed by atoms with Gasteiger partial charge in [-0.1, -0.05) is 42.0 Å². The molecule has 1 N–H and O–H groups in total. The van der Waals surface area contributed by atoms with Crippen LogP contribution >= 0.6 is 0 Å². The third-order valence-corrected chi connectivity index (χ3v) is 4.34. The van der Waals surface area contributed by atoms with Crippen LogP contribution in [0.15, 0.2) is 66.7 Å². The van der Waals surface area contributed by atoms with Crippen molar-refractivity contribution in [1.82, 2.24) is 0 Å². The fraction of sp³-hybridized carbons (Fsp3) is 0.0909. The van der Waals surface area contributed by atoms with Gasteiger partial charge in [-0.15, -0.1) is 0 Å². The van der Waals surface area contributed by atoms with Gasteiger partial charge in [0.2, 0.25) is 6.79 Å². The van der Waals surface area contributed by atoms with Crippen molar-refractivity contribution >= 4 is 17.4 Å². The van der Waals surface area contributed by atoms with E-state index in [1.807, 2.05) is 31.2 Å². The second-order valence-corrected chi connectivity index (χ2v) is 6.27. The molecule has 0 unspecified atom stereocenters. The van der Waals surface area contributed by atoms with E-state index in [1.165, 1.54) is 0 Å². The summed E-state index contributed by atoms with van der Waals surface area (Å²) >= 11 is 0. The average Bonchev–Trinajstić information content (AvgIpc) is 3.17. The minimum absolute atomic E-state index is 0.139.